The van der Waals surface area contributed by atoms with Crippen molar-refractivity contribution in [2.45, 2.75) is 100 Å². The van der Waals surface area contributed by atoms with Gasteiger partial charge in [-0.25, -0.2) is 9.97 Å². The molecule has 0 saturated heterocycles. The number of nitrogens with zero attached hydrogens (tertiary/aromatic N) is 3. The van der Waals surface area contributed by atoms with Gasteiger partial charge in [0.05, 0.1) is 12.0 Å². The zero-order valence-electron chi connectivity index (χ0n) is 29.8. The molecule has 1 aromatic heterocycles. The molecule has 2 aromatic rings. The molecule has 0 amide bonds. The third-order valence-corrected chi connectivity index (χ3v) is 7.03. The first kappa shape index (κ1) is 40.8. The number of aryl methyl sites for hydroxylation is 1. The third kappa shape index (κ3) is 17.8. The van der Waals surface area contributed by atoms with Crippen molar-refractivity contribution in [3.63, 3.8) is 0 Å². The standard InChI is InChI=1S/C23H35NO.C12H17N3.2C2H6/c1-3-4-5-6-7-16-25-23-13-9-12-22(17-23)19-24-18-21-11-8-10-20(2)14-15-21;1-6-7-8-11-9(2)13-10(3)14-12(11)15(4)5;2*1-2/h3-6,9,12-13,17,20-21,24H,7-8,10-11,14-16,18-19H2,1-2H3;6-8H,2H2,1,3-5H3;2*1-2H3/b4-3-,6-5-;7-6-,11-8+;;/t20-,21?;;;/m1.../s1. The molecule has 5 heteroatoms. The van der Waals surface area contributed by atoms with E-state index in [1.54, 1.807) is 0 Å². The molecule has 44 heavy (non-hydrogen) atoms. The predicted molar refractivity (Wildman–Crippen MR) is 196 cm³/mol. The Kier molecular flexibility index (Phi) is 24.3. The van der Waals surface area contributed by atoms with E-state index >= 15 is 0 Å². The van der Waals surface area contributed by atoms with Crippen molar-refractivity contribution < 1.29 is 4.74 Å². The lowest BCUT2D eigenvalue weighted by Crippen LogP contribution is -2.34. The van der Waals surface area contributed by atoms with E-state index in [0.29, 0.717) is 0 Å². The van der Waals surface area contributed by atoms with Gasteiger partial charge < -0.3 is 15.0 Å². The maximum absolute atomic E-state index is 5.85. The summed E-state index contributed by atoms with van der Waals surface area (Å²) in [6.45, 7) is 23.0. The Morgan fingerprint density at radius 3 is 2.39 bits per heavy atom. The first-order valence-electron chi connectivity index (χ1n) is 16.9. The minimum absolute atomic E-state index is 0.727. The van der Waals surface area contributed by atoms with Crippen LogP contribution in [0.1, 0.15) is 98.4 Å². The molecule has 2 atom stereocenters. The van der Waals surface area contributed by atoms with Crippen molar-refractivity contribution in [3.8, 4) is 5.75 Å². The second kappa shape index (κ2) is 26.2. The summed E-state index contributed by atoms with van der Waals surface area (Å²) in [5.74, 6) is 4.41. The quantitative estimate of drug-likeness (QED) is 0.158. The van der Waals surface area contributed by atoms with Gasteiger partial charge in [-0.15, -0.1) is 0 Å². The van der Waals surface area contributed by atoms with Crippen molar-refractivity contribution in [1.29, 1.82) is 0 Å². The van der Waals surface area contributed by atoms with E-state index in [-0.39, 0.29) is 0 Å². The van der Waals surface area contributed by atoms with E-state index in [2.05, 4.69) is 59.1 Å². The fraction of sp³-hybridized carbons (Fsp3) is 0.538. The molecule has 1 saturated carbocycles. The van der Waals surface area contributed by atoms with Crippen LogP contribution in [0.5, 0.6) is 5.75 Å². The van der Waals surface area contributed by atoms with Gasteiger partial charge in [-0.1, -0.05) is 109 Å². The topological polar surface area (TPSA) is 50.3 Å². The number of hydrogen-bond donors (Lipinski definition) is 1. The normalized spacial score (nSPS) is 16.8. The van der Waals surface area contributed by atoms with Gasteiger partial charge in [0.25, 0.3) is 0 Å². The lowest BCUT2D eigenvalue weighted by molar-refractivity contribution is 0.324. The van der Waals surface area contributed by atoms with Crippen molar-refractivity contribution in [3.05, 3.63) is 82.7 Å². The van der Waals surface area contributed by atoms with Gasteiger partial charge in [0, 0.05) is 25.9 Å². The summed E-state index contributed by atoms with van der Waals surface area (Å²) in [7, 11) is 3.93. The molecule has 0 radical (unpaired) electrons. The molecule has 3 rings (SSSR count). The van der Waals surface area contributed by atoms with Crippen LogP contribution in [0.25, 0.3) is 12.7 Å². The summed E-state index contributed by atoms with van der Waals surface area (Å²) < 4.78 is 5.85. The summed E-state index contributed by atoms with van der Waals surface area (Å²) in [6.07, 6.45) is 22.1. The van der Waals surface area contributed by atoms with Crippen LogP contribution in [-0.2, 0) is 6.54 Å². The van der Waals surface area contributed by atoms with E-state index in [4.69, 9.17) is 4.74 Å². The monoisotopic (exact) mass is 605 g/mol. The van der Waals surface area contributed by atoms with Gasteiger partial charge in [-0.2, -0.15) is 0 Å². The van der Waals surface area contributed by atoms with Crippen LogP contribution in [-0.4, -0.2) is 37.2 Å². The maximum Gasteiger partial charge on any atom is 0.139 e. The first-order chi connectivity index (χ1) is 21.3. The van der Waals surface area contributed by atoms with Crippen molar-refractivity contribution in [2.24, 2.45) is 11.8 Å². The van der Waals surface area contributed by atoms with Gasteiger partial charge >= 0.3 is 0 Å². The van der Waals surface area contributed by atoms with E-state index < -0.39 is 0 Å². The van der Waals surface area contributed by atoms with Crippen LogP contribution in [0.15, 0.2) is 60.7 Å². The highest BCUT2D eigenvalue weighted by molar-refractivity contribution is 5.48. The summed E-state index contributed by atoms with van der Waals surface area (Å²) >= 11 is 0. The molecule has 1 N–H and O–H groups in total. The van der Waals surface area contributed by atoms with Crippen molar-refractivity contribution in [2.75, 3.05) is 32.1 Å². The summed E-state index contributed by atoms with van der Waals surface area (Å²) in [4.78, 5) is 10.6. The number of ether oxygens (including phenoxy) is 1. The molecular weight excluding hydrogens is 540 g/mol. The summed E-state index contributed by atoms with van der Waals surface area (Å²) in [6, 6.07) is 8.49. The Hall–Kier alpha value is -3.18. The minimum atomic E-state index is 0.727. The molecule has 246 valence electrons. The Morgan fingerprint density at radius 1 is 0.977 bits per heavy atom. The molecule has 0 spiro atoms. The molecule has 5 nitrogen and oxygen atoms in total. The number of rotatable bonds is 11. The van der Waals surface area contributed by atoms with Gasteiger partial charge in [-0.3, -0.25) is 0 Å². The minimum Gasteiger partial charge on any atom is -0.493 e. The number of allylic oxidation sites excluding steroid dienone is 5. The smallest absolute Gasteiger partial charge is 0.139 e. The molecule has 0 bridgehead atoms. The number of benzene rings is 1. The largest absolute Gasteiger partial charge is 0.493 e. The third-order valence-electron chi connectivity index (χ3n) is 7.03. The van der Waals surface area contributed by atoms with E-state index in [0.717, 1.165) is 65.9 Å². The molecule has 1 aromatic carbocycles. The Balaban J connectivity index is 0.000000831. The maximum atomic E-state index is 5.85. The zero-order chi connectivity index (χ0) is 33.2. The fourth-order valence-corrected chi connectivity index (χ4v) is 4.79. The van der Waals surface area contributed by atoms with Crippen LogP contribution in [0.3, 0.4) is 0 Å². The summed E-state index contributed by atoms with van der Waals surface area (Å²) in [5.41, 5.74) is 1.31. The van der Waals surface area contributed by atoms with Gasteiger partial charge in [0.1, 0.15) is 17.4 Å². The van der Waals surface area contributed by atoms with Crippen LogP contribution in [0.4, 0.5) is 5.82 Å². The van der Waals surface area contributed by atoms with E-state index in [1.807, 2.05) is 104 Å². The van der Waals surface area contributed by atoms with Crippen molar-refractivity contribution >= 4 is 18.5 Å². The molecule has 1 heterocycles. The average Bonchev–Trinajstić information content (AvgIpc) is 3.24. The predicted octanol–water partition coefficient (Wildman–Crippen LogP) is 8.56. The van der Waals surface area contributed by atoms with Gasteiger partial charge in [0.15, 0.2) is 0 Å². The van der Waals surface area contributed by atoms with Gasteiger partial charge in [-0.05, 0) is 82.2 Å². The first-order valence-corrected chi connectivity index (χ1v) is 16.9. The highest BCUT2D eigenvalue weighted by Crippen LogP contribution is 2.26. The molecule has 1 fully saturated rings. The lowest BCUT2D eigenvalue weighted by Gasteiger charge is -2.15. The van der Waals surface area contributed by atoms with E-state index in [9.17, 15) is 0 Å². The Labute approximate surface area is 270 Å². The second-order valence-electron chi connectivity index (χ2n) is 10.9. The Morgan fingerprint density at radius 2 is 1.70 bits per heavy atom. The van der Waals surface area contributed by atoms with Crippen LogP contribution < -0.4 is 25.5 Å². The zero-order valence-corrected chi connectivity index (χ0v) is 29.8. The number of aromatic nitrogens is 2. The summed E-state index contributed by atoms with van der Waals surface area (Å²) in [5, 5.41) is 5.40. The molecule has 1 aliphatic carbocycles. The Bertz CT molecular complexity index is 1200. The second-order valence-corrected chi connectivity index (χ2v) is 10.9. The highest BCUT2D eigenvalue weighted by Gasteiger charge is 2.15. The van der Waals surface area contributed by atoms with Crippen LogP contribution in [0, 0.1) is 18.8 Å². The van der Waals surface area contributed by atoms with Crippen LogP contribution >= 0.6 is 0 Å². The molecular formula is C39H64N4O. The molecule has 1 aliphatic rings. The fourth-order valence-electron chi connectivity index (χ4n) is 4.79. The SMILES string of the molecule is C/C=C\C=C/CCOc1cccc(CNCC2CCC[C@@H](C)CC2)c1.C=c1nc(C)nc(N(C)C)/c1=C/C=C\C.CC.CC. The number of hydrogen-bond acceptors (Lipinski definition) is 5. The molecule has 0 aliphatic heterocycles. The lowest BCUT2D eigenvalue weighted by atomic mass is 9.99. The highest BCUT2D eigenvalue weighted by atomic mass is 16.5. The number of anilines is 1. The molecule has 1 unspecified atom stereocenters. The average molecular weight is 605 g/mol. The van der Waals surface area contributed by atoms with E-state index in [1.165, 1.54) is 37.7 Å². The van der Waals surface area contributed by atoms with Crippen LogP contribution in [0.2, 0.25) is 0 Å². The number of nitrogens with one attached hydrogen (secondary N) is 1. The van der Waals surface area contributed by atoms with Gasteiger partial charge in [0.2, 0.25) is 0 Å². The van der Waals surface area contributed by atoms with Crippen molar-refractivity contribution in [1.82, 2.24) is 15.3 Å².